The number of thioether (sulfide) groups is 1. The highest BCUT2D eigenvalue weighted by atomic mass is 32.2. The number of carbonyl (C=O) groups excluding carboxylic acids is 2. The lowest BCUT2D eigenvalue weighted by Crippen LogP contribution is -2.56. The lowest BCUT2D eigenvalue weighted by molar-refractivity contribution is -0.130. The molecule has 1 N–H and O–H groups in total. The molecule has 0 radical (unpaired) electrons. The maximum Gasteiger partial charge on any atom is 0.409 e. The Morgan fingerprint density at radius 1 is 1.00 bits per heavy atom. The standard InChI is InChI=1S/C27H30N2O3S/c1-29-23-10-6-5-9-22(23)27(24(29)30,33-17-18-7-3-2-4-8-18)28-25(31)32-26-14-19-11-20(15-26)13-21(12-19)16-26/h2-10,19-21H,11-17H2,1H3,(H,28,31)/t19?,20?,21?,26?,27-/m1/s1. The Morgan fingerprint density at radius 3 is 2.27 bits per heavy atom. The number of benzene rings is 2. The molecular formula is C27H30N2O3S. The third-order valence-electron chi connectivity index (χ3n) is 8.12. The number of nitrogens with one attached hydrogen (secondary N) is 1. The summed E-state index contributed by atoms with van der Waals surface area (Å²) < 4.78 is 6.25. The SMILES string of the molecule is CN1C(=O)[C@](NC(=O)OC23CC4CC(CC(C4)C2)C3)(SCc2ccccc2)c2ccccc21. The van der Waals surface area contributed by atoms with Crippen molar-refractivity contribution in [1.82, 2.24) is 5.32 Å². The molecule has 2 aromatic rings. The zero-order valence-electron chi connectivity index (χ0n) is 19.0. The van der Waals surface area contributed by atoms with Gasteiger partial charge < -0.3 is 9.64 Å². The van der Waals surface area contributed by atoms with Crippen LogP contribution in [0.15, 0.2) is 54.6 Å². The Balaban J connectivity index is 1.29. The van der Waals surface area contributed by atoms with Crippen molar-refractivity contribution in [3.8, 4) is 0 Å². The molecule has 4 aliphatic carbocycles. The van der Waals surface area contributed by atoms with E-state index in [1.807, 2.05) is 54.6 Å². The second-order valence-corrected chi connectivity index (χ2v) is 11.6. The predicted molar refractivity (Wildman–Crippen MR) is 130 cm³/mol. The molecule has 172 valence electrons. The number of anilines is 1. The van der Waals surface area contributed by atoms with Gasteiger partial charge in [-0.05, 0) is 67.9 Å². The van der Waals surface area contributed by atoms with Gasteiger partial charge in [-0.1, -0.05) is 48.5 Å². The fourth-order valence-electron chi connectivity index (χ4n) is 7.11. The van der Waals surface area contributed by atoms with E-state index in [4.69, 9.17) is 4.74 Å². The molecule has 33 heavy (non-hydrogen) atoms. The summed E-state index contributed by atoms with van der Waals surface area (Å²) in [6.45, 7) is 0. The molecule has 4 fully saturated rings. The average molecular weight is 463 g/mol. The van der Waals surface area contributed by atoms with Crippen LogP contribution in [-0.2, 0) is 20.2 Å². The molecule has 0 unspecified atom stereocenters. The first-order valence-electron chi connectivity index (χ1n) is 12.0. The summed E-state index contributed by atoms with van der Waals surface area (Å²) in [6, 6.07) is 17.8. The molecule has 4 saturated carbocycles. The van der Waals surface area contributed by atoms with E-state index in [0.717, 1.165) is 36.1 Å². The van der Waals surface area contributed by atoms with Gasteiger partial charge in [0.05, 0.1) is 5.69 Å². The third-order valence-corrected chi connectivity index (χ3v) is 9.53. The molecule has 0 saturated heterocycles. The van der Waals surface area contributed by atoms with Crippen LogP contribution in [0.4, 0.5) is 10.5 Å². The van der Waals surface area contributed by atoms with E-state index in [1.165, 1.54) is 31.0 Å². The predicted octanol–water partition coefficient (Wildman–Crippen LogP) is 5.44. The van der Waals surface area contributed by atoms with Gasteiger partial charge >= 0.3 is 6.09 Å². The van der Waals surface area contributed by atoms with Crippen molar-refractivity contribution in [2.75, 3.05) is 11.9 Å². The molecule has 1 aliphatic heterocycles. The van der Waals surface area contributed by atoms with Gasteiger partial charge in [0.2, 0.25) is 0 Å². The van der Waals surface area contributed by atoms with Gasteiger partial charge in [0.15, 0.2) is 4.87 Å². The molecule has 5 aliphatic rings. The summed E-state index contributed by atoms with van der Waals surface area (Å²) in [4.78, 5) is 27.5. The van der Waals surface area contributed by atoms with Crippen LogP contribution in [0.5, 0.6) is 0 Å². The van der Waals surface area contributed by atoms with Crippen LogP contribution in [0.25, 0.3) is 0 Å². The summed E-state index contributed by atoms with van der Waals surface area (Å²) in [7, 11) is 1.78. The number of rotatable bonds is 5. The number of carbonyl (C=O) groups is 2. The van der Waals surface area contributed by atoms with Crippen LogP contribution in [0.1, 0.15) is 49.7 Å². The minimum Gasteiger partial charge on any atom is -0.443 e. The van der Waals surface area contributed by atoms with Crippen LogP contribution >= 0.6 is 11.8 Å². The van der Waals surface area contributed by atoms with Gasteiger partial charge in [0.1, 0.15) is 5.60 Å². The van der Waals surface area contributed by atoms with Crippen molar-refractivity contribution in [2.24, 2.45) is 17.8 Å². The summed E-state index contributed by atoms with van der Waals surface area (Å²) in [5.41, 5.74) is 2.41. The van der Waals surface area contributed by atoms with Crippen molar-refractivity contribution in [3.05, 3.63) is 65.7 Å². The van der Waals surface area contributed by atoms with E-state index in [2.05, 4.69) is 5.32 Å². The van der Waals surface area contributed by atoms with Crippen LogP contribution < -0.4 is 10.2 Å². The van der Waals surface area contributed by atoms with Gasteiger partial charge in [-0.15, -0.1) is 11.8 Å². The number of nitrogens with zero attached hydrogens (tertiary/aromatic N) is 1. The fraction of sp³-hybridized carbons (Fsp3) is 0.481. The molecule has 0 aromatic heterocycles. The highest BCUT2D eigenvalue weighted by Crippen LogP contribution is 2.57. The molecule has 7 rings (SSSR count). The lowest BCUT2D eigenvalue weighted by Gasteiger charge is -2.55. The number of para-hydroxylation sites is 1. The Hall–Kier alpha value is -2.47. The van der Waals surface area contributed by atoms with E-state index >= 15 is 0 Å². The van der Waals surface area contributed by atoms with Gasteiger partial charge in [-0.2, -0.15) is 0 Å². The molecule has 2 amide bonds. The highest BCUT2D eigenvalue weighted by molar-refractivity contribution is 8.00. The van der Waals surface area contributed by atoms with Gasteiger partial charge in [0, 0.05) is 18.4 Å². The van der Waals surface area contributed by atoms with Crippen molar-refractivity contribution in [3.63, 3.8) is 0 Å². The summed E-state index contributed by atoms with van der Waals surface area (Å²) in [5, 5.41) is 3.08. The van der Waals surface area contributed by atoms with Gasteiger partial charge in [-0.25, -0.2) is 4.79 Å². The first kappa shape index (κ1) is 21.1. The molecule has 0 spiro atoms. The van der Waals surface area contributed by atoms with Crippen molar-refractivity contribution in [2.45, 2.75) is 54.7 Å². The Bertz CT molecular complexity index is 1050. The molecule has 5 nitrogen and oxygen atoms in total. The number of alkyl carbamates (subject to hydrolysis) is 1. The third kappa shape index (κ3) is 3.54. The van der Waals surface area contributed by atoms with Crippen LogP contribution in [-0.4, -0.2) is 24.6 Å². The van der Waals surface area contributed by atoms with Gasteiger partial charge in [-0.3, -0.25) is 10.1 Å². The summed E-state index contributed by atoms with van der Waals surface area (Å²) >= 11 is 1.46. The largest absolute Gasteiger partial charge is 0.443 e. The topological polar surface area (TPSA) is 58.6 Å². The number of hydrogen-bond donors (Lipinski definition) is 1. The fourth-order valence-corrected chi connectivity index (χ4v) is 8.43. The van der Waals surface area contributed by atoms with Crippen LogP contribution in [0.2, 0.25) is 0 Å². The van der Waals surface area contributed by atoms with E-state index < -0.39 is 11.0 Å². The zero-order chi connectivity index (χ0) is 22.6. The number of hydrogen-bond acceptors (Lipinski definition) is 4. The zero-order valence-corrected chi connectivity index (χ0v) is 19.8. The van der Waals surface area contributed by atoms with Crippen molar-refractivity contribution >= 4 is 29.4 Å². The average Bonchev–Trinajstić information content (AvgIpc) is 2.99. The van der Waals surface area contributed by atoms with Gasteiger partial charge in [0.25, 0.3) is 5.91 Å². The second kappa shape index (κ2) is 7.79. The smallest absolute Gasteiger partial charge is 0.409 e. The van der Waals surface area contributed by atoms with Crippen LogP contribution in [0, 0.1) is 17.8 Å². The summed E-state index contributed by atoms with van der Waals surface area (Å²) in [6.07, 6.45) is 6.33. The first-order valence-corrected chi connectivity index (χ1v) is 13.0. The Morgan fingerprint density at radius 2 is 1.61 bits per heavy atom. The molecule has 1 heterocycles. The van der Waals surface area contributed by atoms with E-state index in [-0.39, 0.29) is 11.5 Å². The Labute approximate surface area is 199 Å². The maximum atomic E-state index is 13.6. The van der Waals surface area contributed by atoms with Crippen molar-refractivity contribution < 1.29 is 14.3 Å². The normalized spacial score (nSPS) is 33.8. The monoisotopic (exact) mass is 462 g/mol. The highest BCUT2D eigenvalue weighted by Gasteiger charge is 2.55. The van der Waals surface area contributed by atoms with E-state index in [9.17, 15) is 9.59 Å². The maximum absolute atomic E-state index is 13.6. The summed E-state index contributed by atoms with van der Waals surface area (Å²) in [5.74, 6) is 2.53. The van der Waals surface area contributed by atoms with E-state index in [0.29, 0.717) is 23.5 Å². The minimum absolute atomic E-state index is 0.132. The molecule has 2 aromatic carbocycles. The lowest BCUT2D eigenvalue weighted by atomic mass is 9.54. The number of likely N-dealkylation sites (N-methyl/N-ethyl adjacent to an activating group) is 1. The molecular weight excluding hydrogens is 432 g/mol. The molecule has 1 atom stereocenters. The van der Waals surface area contributed by atoms with Crippen molar-refractivity contribution in [1.29, 1.82) is 0 Å². The van der Waals surface area contributed by atoms with Crippen LogP contribution in [0.3, 0.4) is 0 Å². The molecule has 6 heteroatoms. The number of fused-ring (bicyclic) bond motifs is 1. The van der Waals surface area contributed by atoms with E-state index in [1.54, 1.807) is 11.9 Å². The Kier molecular flexibility index (Phi) is 4.98. The minimum atomic E-state index is -1.19. The molecule has 4 bridgehead atoms. The number of ether oxygens (including phenoxy) is 1. The first-order chi connectivity index (χ1) is 16.0. The quantitative estimate of drug-likeness (QED) is 0.601. The second-order valence-electron chi connectivity index (χ2n) is 10.5. The number of amides is 2.